The molecule has 0 saturated carbocycles. The zero-order valence-electron chi connectivity index (χ0n) is 23.8. The van der Waals surface area contributed by atoms with E-state index in [-0.39, 0.29) is 47.7 Å². The molecule has 4 rings (SSSR count). The van der Waals surface area contributed by atoms with E-state index in [0.717, 1.165) is 32.6 Å². The highest BCUT2D eigenvalue weighted by Gasteiger charge is 2.24. The van der Waals surface area contributed by atoms with Gasteiger partial charge in [-0.2, -0.15) is 4.39 Å². The van der Waals surface area contributed by atoms with E-state index >= 15 is 0 Å². The first-order valence-corrected chi connectivity index (χ1v) is 13.3. The predicted molar refractivity (Wildman–Crippen MR) is 158 cm³/mol. The van der Waals surface area contributed by atoms with Gasteiger partial charge in [0.05, 0.1) is 17.4 Å². The Labute approximate surface area is 244 Å². The number of amides is 3. The number of halogens is 1. The first kappa shape index (κ1) is 30.6. The molecule has 2 heterocycles. The zero-order valence-corrected chi connectivity index (χ0v) is 23.8. The standard InChI is InChI=1S/C29H32FN7O6/c1-16(2)19-13-20(24(39)14-23(19)38)26(31)37(28(32)42)18-4-5-22-17(12-18)6-8-35(22)11-10-34(3)25(40)7-9-36-15-21(30)27(41)33-29(36)43/h4-6,8,12-16,31,38-39H,7,9-11H2,1-3H3,(H2,32,42)(H,33,41,43). The number of amidine groups is 1. The number of hydrogen-bond acceptors (Lipinski definition) is 7. The van der Waals surface area contributed by atoms with Gasteiger partial charge in [0.1, 0.15) is 17.3 Å². The number of urea groups is 1. The lowest BCUT2D eigenvalue weighted by Gasteiger charge is -2.23. The Balaban J connectivity index is 1.48. The molecule has 226 valence electrons. The zero-order chi connectivity index (χ0) is 31.6. The highest BCUT2D eigenvalue weighted by atomic mass is 19.1. The summed E-state index contributed by atoms with van der Waals surface area (Å²) in [6, 6.07) is 8.47. The van der Waals surface area contributed by atoms with E-state index in [1.165, 1.54) is 11.0 Å². The van der Waals surface area contributed by atoms with Gasteiger partial charge in [0.15, 0.2) is 0 Å². The SMILES string of the molecule is CC(C)c1cc(C(=N)N(C(N)=O)c2ccc3c(ccn3CCN(C)C(=O)CCn3cc(F)c(=O)[nH]c3=O)c2)c(O)cc1O. The molecule has 0 fully saturated rings. The molecule has 43 heavy (non-hydrogen) atoms. The Kier molecular flexibility index (Phi) is 8.69. The number of aromatic amines is 1. The minimum absolute atomic E-state index is 0.0289. The van der Waals surface area contributed by atoms with Crippen molar-refractivity contribution in [2.24, 2.45) is 5.73 Å². The molecule has 0 aliphatic carbocycles. The molecule has 0 atom stereocenters. The molecule has 0 aliphatic heterocycles. The number of nitrogens with two attached hydrogens (primary N) is 1. The number of carbonyl (C=O) groups excluding carboxylic acids is 2. The number of aryl methyl sites for hydroxylation is 1. The fourth-order valence-corrected chi connectivity index (χ4v) is 4.69. The second-order valence-corrected chi connectivity index (χ2v) is 10.4. The summed E-state index contributed by atoms with van der Waals surface area (Å²) < 4.78 is 16.3. The summed E-state index contributed by atoms with van der Waals surface area (Å²) in [5.41, 5.74) is 5.33. The summed E-state index contributed by atoms with van der Waals surface area (Å²) >= 11 is 0. The Hall–Kier alpha value is -5.40. The number of aromatic hydroxyl groups is 2. The summed E-state index contributed by atoms with van der Waals surface area (Å²) in [4.78, 5) is 52.3. The molecule has 2 aromatic carbocycles. The van der Waals surface area contributed by atoms with Crippen LogP contribution in [-0.4, -0.2) is 60.6 Å². The van der Waals surface area contributed by atoms with Crippen LogP contribution < -0.4 is 21.9 Å². The number of H-pyrrole nitrogens is 1. The minimum Gasteiger partial charge on any atom is -0.508 e. The van der Waals surface area contributed by atoms with Gasteiger partial charge in [0.25, 0.3) is 5.56 Å². The number of nitrogens with zero attached hydrogens (tertiary/aromatic N) is 4. The van der Waals surface area contributed by atoms with Crippen LogP contribution >= 0.6 is 0 Å². The molecule has 0 radical (unpaired) electrons. The number of carbonyl (C=O) groups is 2. The topological polar surface area (TPSA) is 191 Å². The largest absolute Gasteiger partial charge is 0.508 e. The van der Waals surface area contributed by atoms with E-state index in [2.05, 4.69) is 0 Å². The minimum atomic E-state index is -1.12. The van der Waals surface area contributed by atoms with E-state index in [1.807, 2.05) is 23.4 Å². The Morgan fingerprint density at radius 1 is 1.07 bits per heavy atom. The number of aromatic nitrogens is 3. The van der Waals surface area contributed by atoms with Crippen LogP contribution in [0.3, 0.4) is 0 Å². The van der Waals surface area contributed by atoms with Gasteiger partial charge < -0.3 is 25.4 Å². The fraction of sp³-hybridized carbons (Fsp3) is 0.276. The van der Waals surface area contributed by atoms with Crippen LogP contribution in [0.1, 0.15) is 37.3 Å². The van der Waals surface area contributed by atoms with Gasteiger partial charge in [-0.15, -0.1) is 0 Å². The van der Waals surface area contributed by atoms with E-state index in [9.17, 15) is 33.8 Å². The van der Waals surface area contributed by atoms with Crippen molar-refractivity contribution in [2.45, 2.75) is 39.3 Å². The van der Waals surface area contributed by atoms with Crippen molar-refractivity contribution in [1.82, 2.24) is 19.0 Å². The second-order valence-electron chi connectivity index (χ2n) is 10.4. The van der Waals surface area contributed by atoms with Crippen LogP contribution in [0.5, 0.6) is 11.5 Å². The van der Waals surface area contributed by atoms with Crippen molar-refractivity contribution < 1.29 is 24.2 Å². The van der Waals surface area contributed by atoms with Crippen LogP contribution in [0.25, 0.3) is 10.9 Å². The summed E-state index contributed by atoms with van der Waals surface area (Å²) in [5.74, 6) is -2.36. The molecule has 0 aliphatic rings. The second kappa shape index (κ2) is 12.2. The molecule has 0 spiro atoms. The number of likely N-dealkylation sites (N-methyl/N-ethyl adjacent to an activating group) is 1. The van der Waals surface area contributed by atoms with Crippen molar-refractivity contribution in [3.05, 3.63) is 86.6 Å². The predicted octanol–water partition coefficient (Wildman–Crippen LogP) is 2.62. The normalized spacial score (nSPS) is 11.2. The number of phenolic OH excluding ortho intramolecular Hbond substituents is 2. The third-order valence-electron chi connectivity index (χ3n) is 7.11. The number of hydrogen-bond donors (Lipinski definition) is 5. The van der Waals surface area contributed by atoms with Gasteiger partial charge in [-0.1, -0.05) is 13.8 Å². The first-order chi connectivity index (χ1) is 20.3. The number of phenols is 2. The Morgan fingerprint density at radius 2 is 1.79 bits per heavy atom. The van der Waals surface area contributed by atoms with Gasteiger partial charge in [0.2, 0.25) is 11.7 Å². The molecular formula is C29H32FN7O6. The molecule has 0 saturated heterocycles. The number of benzene rings is 2. The van der Waals surface area contributed by atoms with Gasteiger partial charge >= 0.3 is 11.7 Å². The molecular weight excluding hydrogens is 561 g/mol. The number of rotatable bonds is 9. The smallest absolute Gasteiger partial charge is 0.328 e. The highest BCUT2D eigenvalue weighted by Crippen LogP contribution is 2.34. The molecule has 3 amide bonds. The van der Waals surface area contributed by atoms with Crippen molar-refractivity contribution in [3.8, 4) is 11.5 Å². The Morgan fingerprint density at radius 3 is 2.47 bits per heavy atom. The molecule has 2 aromatic heterocycles. The molecule has 13 nitrogen and oxygen atoms in total. The lowest BCUT2D eigenvalue weighted by atomic mass is 9.98. The van der Waals surface area contributed by atoms with E-state index in [0.29, 0.717) is 24.3 Å². The third-order valence-corrected chi connectivity index (χ3v) is 7.11. The maximum Gasteiger partial charge on any atom is 0.328 e. The molecule has 6 N–H and O–H groups in total. The summed E-state index contributed by atoms with van der Waals surface area (Å²) in [6.45, 7) is 4.31. The van der Waals surface area contributed by atoms with Crippen LogP contribution in [-0.2, 0) is 17.9 Å². The van der Waals surface area contributed by atoms with Gasteiger partial charge in [-0.3, -0.25) is 24.5 Å². The average Bonchev–Trinajstić information content (AvgIpc) is 3.34. The number of nitrogens with one attached hydrogen (secondary N) is 2. The lowest BCUT2D eigenvalue weighted by Crippen LogP contribution is -2.41. The first-order valence-electron chi connectivity index (χ1n) is 13.3. The van der Waals surface area contributed by atoms with Crippen LogP contribution in [0.15, 0.2) is 58.4 Å². The molecule has 0 bridgehead atoms. The summed E-state index contributed by atoms with van der Waals surface area (Å²) in [7, 11) is 1.60. The van der Waals surface area contributed by atoms with Crippen molar-refractivity contribution in [2.75, 3.05) is 18.5 Å². The van der Waals surface area contributed by atoms with E-state index in [4.69, 9.17) is 11.1 Å². The monoisotopic (exact) mass is 593 g/mol. The van der Waals surface area contributed by atoms with Crippen LogP contribution in [0.2, 0.25) is 0 Å². The van der Waals surface area contributed by atoms with Gasteiger partial charge in [0, 0.05) is 56.3 Å². The van der Waals surface area contributed by atoms with Crippen molar-refractivity contribution >= 4 is 34.4 Å². The summed E-state index contributed by atoms with van der Waals surface area (Å²) in [6.07, 6.45) is 2.49. The van der Waals surface area contributed by atoms with Crippen molar-refractivity contribution in [1.29, 1.82) is 5.41 Å². The van der Waals surface area contributed by atoms with Gasteiger partial charge in [-0.25, -0.2) is 14.5 Å². The number of anilines is 1. The number of primary amides is 1. The van der Waals surface area contributed by atoms with Gasteiger partial charge in [-0.05, 0) is 41.8 Å². The number of fused-ring (bicyclic) bond motifs is 1. The van der Waals surface area contributed by atoms with Crippen molar-refractivity contribution in [3.63, 3.8) is 0 Å². The lowest BCUT2D eigenvalue weighted by molar-refractivity contribution is -0.130. The third kappa shape index (κ3) is 6.42. The van der Waals surface area contributed by atoms with Crippen LogP contribution in [0.4, 0.5) is 14.9 Å². The highest BCUT2D eigenvalue weighted by molar-refractivity contribution is 6.22. The quantitative estimate of drug-likeness (QED) is 0.146. The maximum absolute atomic E-state index is 13.5. The Bertz CT molecular complexity index is 1840. The van der Waals surface area contributed by atoms with E-state index in [1.54, 1.807) is 37.5 Å². The van der Waals surface area contributed by atoms with E-state index < -0.39 is 23.1 Å². The molecule has 0 unspecified atom stereocenters. The fourth-order valence-electron chi connectivity index (χ4n) is 4.69. The summed E-state index contributed by atoms with van der Waals surface area (Å²) in [5, 5.41) is 30.0. The molecule has 4 aromatic rings. The molecule has 14 heteroatoms. The van der Waals surface area contributed by atoms with Crippen LogP contribution in [0, 0.1) is 11.2 Å². The average molecular weight is 594 g/mol. The maximum atomic E-state index is 13.5.